The normalized spacial score (nSPS) is 10.7. The van der Waals surface area contributed by atoms with Crippen LogP contribution >= 0.6 is 24.0 Å². The van der Waals surface area contributed by atoms with Crippen LogP contribution in [0.4, 0.5) is 0 Å². The van der Waals surface area contributed by atoms with Gasteiger partial charge in [-0.3, -0.25) is 9.79 Å². The van der Waals surface area contributed by atoms with E-state index in [1.165, 1.54) is 6.26 Å². The summed E-state index contributed by atoms with van der Waals surface area (Å²) in [6, 6.07) is 7.45. The number of carbonyl (C=O) groups excluding carboxylic acids is 1. The minimum absolute atomic E-state index is 0. The van der Waals surface area contributed by atoms with E-state index in [9.17, 15) is 4.79 Å². The lowest BCUT2D eigenvalue weighted by Crippen LogP contribution is -2.38. The van der Waals surface area contributed by atoms with Crippen LogP contribution in [-0.4, -0.2) is 46.2 Å². The van der Waals surface area contributed by atoms with Gasteiger partial charge < -0.3 is 29.8 Å². The number of halogens is 1. The van der Waals surface area contributed by atoms with E-state index < -0.39 is 0 Å². The highest BCUT2D eigenvalue weighted by Gasteiger charge is 2.11. The highest BCUT2D eigenvalue weighted by Crippen LogP contribution is 2.24. The van der Waals surface area contributed by atoms with E-state index in [2.05, 4.69) is 20.9 Å². The molecule has 3 N–H and O–H groups in total. The van der Waals surface area contributed by atoms with Crippen molar-refractivity contribution in [1.82, 2.24) is 16.0 Å². The van der Waals surface area contributed by atoms with Crippen LogP contribution in [0.1, 0.15) is 28.1 Å². The number of carbonyl (C=O) groups is 1. The van der Waals surface area contributed by atoms with Crippen LogP contribution in [-0.2, 0) is 6.54 Å². The maximum Gasteiger partial charge on any atom is 0.287 e. The lowest BCUT2D eigenvalue weighted by molar-refractivity contribution is 0.0925. The Labute approximate surface area is 188 Å². The minimum atomic E-state index is -0.198. The lowest BCUT2D eigenvalue weighted by Gasteiger charge is -2.14. The van der Waals surface area contributed by atoms with Gasteiger partial charge in [0.15, 0.2) is 11.7 Å². The van der Waals surface area contributed by atoms with Crippen LogP contribution in [0.15, 0.2) is 39.9 Å². The Bertz CT molecular complexity index is 808. The Kier molecular flexibility index (Phi) is 11.0. The predicted octanol–water partition coefficient (Wildman–Crippen LogP) is 2.71. The highest BCUT2D eigenvalue weighted by molar-refractivity contribution is 14.0. The molecule has 0 fully saturated rings. The molecule has 0 saturated carbocycles. The van der Waals surface area contributed by atoms with E-state index in [1.807, 2.05) is 25.1 Å². The first-order valence-electron chi connectivity index (χ1n) is 9.06. The number of benzene rings is 1. The number of hydrogen-bond acceptors (Lipinski definition) is 5. The van der Waals surface area contributed by atoms with Crippen LogP contribution in [0.2, 0.25) is 0 Å². The van der Waals surface area contributed by atoms with E-state index in [4.69, 9.17) is 13.9 Å². The Balaban J connectivity index is 0.00000420. The summed E-state index contributed by atoms with van der Waals surface area (Å²) in [7, 11) is 4.96. The standard InChI is InChI=1S/C20H28N4O4.HI/c1-14-8-11-28-18(14)19(25)22-9-5-10-23-20(21-2)24-13-15-6-7-16(26-3)12-17(15)27-4;/h6-8,11-12H,5,9-10,13H2,1-4H3,(H,22,25)(H2,21,23,24);1H. The molecule has 0 saturated heterocycles. The number of furan rings is 1. The SMILES string of the molecule is CN=C(NCCCNC(=O)c1occc1C)NCc1ccc(OC)cc1OC.I. The Morgan fingerprint density at radius 2 is 1.86 bits per heavy atom. The average molecular weight is 516 g/mol. The second-order valence-corrected chi connectivity index (χ2v) is 6.07. The zero-order valence-corrected chi connectivity index (χ0v) is 19.5. The molecule has 0 bridgehead atoms. The smallest absolute Gasteiger partial charge is 0.287 e. The van der Waals surface area contributed by atoms with Gasteiger partial charge in [0.2, 0.25) is 0 Å². The summed E-state index contributed by atoms with van der Waals surface area (Å²) in [4.78, 5) is 16.2. The number of nitrogens with one attached hydrogen (secondary N) is 3. The van der Waals surface area contributed by atoms with Crippen molar-refractivity contribution in [2.75, 3.05) is 34.4 Å². The van der Waals surface area contributed by atoms with Crippen molar-refractivity contribution in [3.05, 3.63) is 47.4 Å². The zero-order chi connectivity index (χ0) is 20.4. The van der Waals surface area contributed by atoms with E-state index in [0.29, 0.717) is 31.4 Å². The van der Waals surface area contributed by atoms with E-state index in [1.54, 1.807) is 27.3 Å². The molecular formula is C20H29IN4O4. The minimum Gasteiger partial charge on any atom is -0.497 e. The number of aryl methyl sites for hydroxylation is 1. The summed E-state index contributed by atoms with van der Waals surface area (Å²) in [5.74, 6) is 2.33. The van der Waals surface area contributed by atoms with Crippen molar-refractivity contribution in [2.24, 2.45) is 4.99 Å². The quantitative estimate of drug-likeness (QED) is 0.205. The number of aliphatic imine (C=N–C) groups is 1. The van der Waals surface area contributed by atoms with Crippen LogP contribution < -0.4 is 25.4 Å². The molecular weight excluding hydrogens is 487 g/mol. The molecule has 0 atom stereocenters. The molecule has 1 heterocycles. The van der Waals surface area contributed by atoms with Gasteiger partial charge in [-0.1, -0.05) is 0 Å². The summed E-state index contributed by atoms with van der Waals surface area (Å²) in [6.45, 7) is 3.60. The monoisotopic (exact) mass is 516 g/mol. The number of amides is 1. The number of methoxy groups -OCH3 is 2. The predicted molar refractivity (Wildman–Crippen MR) is 124 cm³/mol. The van der Waals surface area contributed by atoms with Gasteiger partial charge in [-0.05, 0) is 31.5 Å². The number of ether oxygens (including phenoxy) is 2. The molecule has 160 valence electrons. The second kappa shape index (κ2) is 12.9. The molecule has 1 aromatic carbocycles. The summed E-state index contributed by atoms with van der Waals surface area (Å²) < 4.78 is 15.8. The lowest BCUT2D eigenvalue weighted by atomic mass is 10.2. The van der Waals surface area contributed by atoms with Gasteiger partial charge in [-0.15, -0.1) is 24.0 Å². The largest absolute Gasteiger partial charge is 0.497 e. The maximum atomic E-state index is 12.0. The van der Waals surface area contributed by atoms with Crippen LogP contribution in [0.25, 0.3) is 0 Å². The van der Waals surface area contributed by atoms with E-state index >= 15 is 0 Å². The van der Waals surface area contributed by atoms with Crippen LogP contribution in [0, 0.1) is 6.92 Å². The molecule has 0 spiro atoms. The Hall–Kier alpha value is -2.43. The van der Waals surface area contributed by atoms with Crippen molar-refractivity contribution in [3.63, 3.8) is 0 Å². The molecule has 29 heavy (non-hydrogen) atoms. The highest BCUT2D eigenvalue weighted by atomic mass is 127. The Morgan fingerprint density at radius 1 is 1.10 bits per heavy atom. The topological polar surface area (TPSA) is 97.1 Å². The van der Waals surface area contributed by atoms with Gasteiger partial charge in [0, 0.05) is 43.9 Å². The average Bonchev–Trinajstić information content (AvgIpc) is 3.15. The van der Waals surface area contributed by atoms with Gasteiger partial charge in [0.1, 0.15) is 11.5 Å². The fourth-order valence-electron chi connectivity index (χ4n) is 2.58. The first kappa shape index (κ1) is 24.6. The molecule has 8 nitrogen and oxygen atoms in total. The maximum absolute atomic E-state index is 12.0. The summed E-state index contributed by atoms with van der Waals surface area (Å²) in [5.41, 5.74) is 1.82. The molecule has 1 aromatic heterocycles. The molecule has 9 heteroatoms. The molecule has 2 rings (SSSR count). The van der Waals surface area contributed by atoms with Crippen LogP contribution in [0.3, 0.4) is 0 Å². The molecule has 0 aliphatic rings. The number of hydrogen-bond donors (Lipinski definition) is 3. The van der Waals surface area contributed by atoms with Gasteiger partial charge in [0.05, 0.1) is 20.5 Å². The third-order valence-corrected chi connectivity index (χ3v) is 4.16. The third-order valence-electron chi connectivity index (χ3n) is 4.16. The molecule has 0 aliphatic carbocycles. The Morgan fingerprint density at radius 3 is 2.48 bits per heavy atom. The van der Waals surface area contributed by atoms with Crippen molar-refractivity contribution in [1.29, 1.82) is 0 Å². The first-order chi connectivity index (χ1) is 13.6. The fraction of sp³-hybridized carbons (Fsp3) is 0.400. The van der Waals surface area contributed by atoms with Crippen molar-refractivity contribution >= 4 is 35.8 Å². The van der Waals surface area contributed by atoms with Crippen LogP contribution in [0.5, 0.6) is 11.5 Å². The number of nitrogens with zero attached hydrogens (tertiary/aromatic N) is 1. The van der Waals surface area contributed by atoms with Gasteiger partial charge in [0.25, 0.3) is 5.91 Å². The number of guanidine groups is 1. The summed E-state index contributed by atoms with van der Waals surface area (Å²) >= 11 is 0. The zero-order valence-electron chi connectivity index (χ0n) is 17.2. The fourth-order valence-corrected chi connectivity index (χ4v) is 2.58. The summed E-state index contributed by atoms with van der Waals surface area (Å²) in [5, 5.41) is 9.30. The van der Waals surface area contributed by atoms with Crippen molar-refractivity contribution in [2.45, 2.75) is 19.9 Å². The third kappa shape index (κ3) is 7.48. The van der Waals surface area contributed by atoms with Gasteiger partial charge in [-0.25, -0.2) is 0 Å². The second-order valence-electron chi connectivity index (χ2n) is 6.07. The molecule has 1 amide bonds. The molecule has 0 radical (unpaired) electrons. The number of rotatable bonds is 9. The van der Waals surface area contributed by atoms with E-state index in [-0.39, 0.29) is 29.9 Å². The molecule has 0 aliphatic heterocycles. The van der Waals surface area contributed by atoms with Gasteiger partial charge >= 0.3 is 0 Å². The summed E-state index contributed by atoms with van der Waals surface area (Å²) in [6.07, 6.45) is 2.26. The van der Waals surface area contributed by atoms with Crippen molar-refractivity contribution < 1.29 is 18.7 Å². The van der Waals surface area contributed by atoms with E-state index in [0.717, 1.165) is 29.0 Å². The molecule has 0 unspecified atom stereocenters. The first-order valence-corrected chi connectivity index (χ1v) is 9.06. The van der Waals surface area contributed by atoms with Crippen molar-refractivity contribution in [3.8, 4) is 11.5 Å². The molecule has 2 aromatic rings. The van der Waals surface area contributed by atoms with Gasteiger partial charge in [-0.2, -0.15) is 0 Å².